The van der Waals surface area contributed by atoms with Gasteiger partial charge in [-0.15, -0.1) is 0 Å². The van der Waals surface area contributed by atoms with Crippen LogP contribution in [-0.2, 0) is 18.2 Å². The van der Waals surface area contributed by atoms with Gasteiger partial charge in [-0.1, -0.05) is 29.8 Å². The van der Waals surface area contributed by atoms with E-state index in [0.717, 1.165) is 36.7 Å². The SMILES string of the molecule is C[C@H]1CO[C@@H](c2ccccc2Cl)CN1CCc1ccnn1C. The number of nitrogens with zero attached hydrogens (tertiary/aromatic N) is 3. The highest BCUT2D eigenvalue weighted by molar-refractivity contribution is 6.31. The third-order valence-corrected chi connectivity index (χ3v) is 4.74. The number of ether oxygens (including phenoxy) is 1. The molecule has 0 N–H and O–H groups in total. The molecule has 2 atom stereocenters. The van der Waals surface area contributed by atoms with Gasteiger partial charge in [-0.3, -0.25) is 9.58 Å². The van der Waals surface area contributed by atoms with Crippen molar-refractivity contribution in [1.29, 1.82) is 0 Å². The second-order valence-corrected chi connectivity index (χ2v) is 6.29. The maximum atomic E-state index is 6.31. The number of aryl methyl sites for hydroxylation is 1. The number of rotatable bonds is 4. The zero-order chi connectivity index (χ0) is 15.5. The van der Waals surface area contributed by atoms with Crippen molar-refractivity contribution in [2.45, 2.75) is 25.5 Å². The Morgan fingerprint density at radius 1 is 1.32 bits per heavy atom. The summed E-state index contributed by atoms with van der Waals surface area (Å²) >= 11 is 6.31. The van der Waals surface area contributed by atoms with Crippen LogP contribution < -0.4 is 0 Å². The van der Waals surface area contributed by atoms with Crippen LogP contribution in [0.25, 0.3) is 0 Å². The molecule has 2 heterocycles. The number of halogens is 1. The van der Waals surface area contributed by atoms with Gasteiger partial charge in [0.2, 0.25) is 0 Å². The lowest BCUT2D eigenvalue weighted by atomic mass is 10.1. The van der Waals surface area contributed by atoms with E-state index in [9.17, 15) is 0 Å². The minimum Gasteiger partial charge on any atom is -0.371 e. The molecular formula is C17H22ClN3O. The Labute approximate surface area is 136 Å². The highest BCUT2D eigenvalue weighted by Crippen LogP contribution is 2.29. The Bertz CT molecular complexity index is 628. The van der Waals surface area contributed by atoms with E-state index < -0.39 is 0 Å². The Kier molecular flexibility index (Phi) is 4.81. The molecule has 118 valence electrons. The molecule has 1 aromatic heterocycles. The van der Waals surface area contributed by atoms with Crippen LogP contribution in [-0.4, -0.2) is 40.4 Å². The summed E-state index contributed by atoms with van der Waals surface area (Å²) in [6.07, 6.45) is 2.90. The third kappa shape index (κ3) is 3.35. The molecule has 1 fully saturated rings. The van der Waals surface area contributed by atoms with Crippen LogP contribution in [0.2, 0.25) is 5.02 Å². The van der Waals surface area contributed by atoms with Crippen molar-refractivity contribution in [3.8, 4) is 0 Å². The molecule has 22 heavy (non-hydrogen) atoms. The van der Waals surface area contributed by atoms with E-state index in [2.05, 4.69) is 29.1 Å². The van der Waals surface area contributed by atoms with Gasteiger partial charge in [-0.05, 0) is 19.1 Å². The van der Waals surface area contributed by atoms with Crippen molar-refractivity contribution < 1.29 is 4.74 Å². The van der Waals surface area contributed by atoms with Gasteiger partial charge in [-0.25, -0.2) is 0 Å². The smallest absolute Gasteiger partial charge is 0.0967 e. The van der Waals surface area contributed by atoms with Crippen molar-refractivity contribution >= 4 is 11.6 Å². The summed E-state index contributed by atoms with van der Waals surface area (Å²) < 4.78 is 7.95. The molecule has 0 amide bonds. The van der Waals surface area contributed by atoms with Crippen LogP contribution in [0.3, 0.4) is 0 Å². The van der Waals surface area contributed by atoms with Crippen LogP contribution in [0.1, 0.15) is 24.3 Å². The number of hydrogen-bond donors (Lipinski definition) is 0. The minimum atomic E-state index is 0.0523. The average molecular weight is 320 g/mol. The van der Waals surface area contributed by atoms with Gasteiger partial charge < -0.3 is 4.74 Å². The molecule has 1 saturated heterocycles. The van der Waals surface area contributed by atoms with E-state index in [0.29, 0.717) is 6.04 Å². The second kappa shape index (κ2) is 6.82. The van der Waals surface area contributed by atoms with Crippen LogP contribution >= 0.6 is 11.6 Å². The lowest BCUT2D eigenvalue weighted by Crippen LogP contribution is -2.46. The van der Waals surface area contributed by atoms with Gasteiger partial charge in [-0.2, -0.15) is 5.10 Å². The highest BCUT2D eigenvalue weighted by Gasteiger charge is 2.28. The van der Waals surface area contributed by atoms with Crippen molar-refractivity contribution in [3.63, 3.8) is 0 Å². The van der Waals surface area contributed by atoms with Crippen LogP contribution in [0.4, 0.5) is 0 Å². The Hall–Kier alpha value is -1.36. The summed E-state index contributed by atoms with van der Waals surface area (Å²) in [7, 11) is 1.99. The normalized spacial score (nSPS) is 22.9. The van der Waals surface area contributed by atoms with E-state index in [1.54, 1.807) is 0 Å². The second-order valence-electron chi connectivity index (χ2n) is 5.88. The standard InChI is InChI=1S/C17H22ClN3O/c1-13-12-22-17(15-5-3-4-6-16(15)18)11-21(13)10-8-14-7-9-19-20(14)2/h3-7,9,13,17H,8,10-12H2,1-2H3/t13-,17+/m0/s1. The molecule has 0 bridgehead atoms. The van der Waals surface area contributed by atoms with Crippen molar-refractivity contribution in [3.05, 3.63) is 52.8 Å². The molecule has 0 saturated carbocycles. The number of aromatic nitrogens is 2. The third-order valence-electron chi connectivity index (χ3n) is 4.39. The first kappa shape index (κ1) is 15.5. The molecular weight excluding hydrogens is 298 g/mol. The first-order valence-electron chi connectivity index (χ1n) is 7.72. The molecule has 1 aliphatic rings. The van der Waals surface area contributed by atoms with Crippen molar-refractivity contribution in [2.24, 2.45) is 7.05 Å². The van der Waals surface area contributed by atoms with Gasteiger partial charge in [0.1, 0.15) is 0 Å². The van der Waals surface area contributed by atoms with E-state index in [1.165, 1.54) is 5.69 Å². The molecule has 0 radical (unpaired) electrons. The van der Waals surface area contributed by atoms with Gasteiger partial charge in [0.25, 0.3) is 0 Å². The fraction of sp³-hybridized carbons (Fsp3) is 0.471. The molecule has 1 aliphatic heterocycles. The number of morpholine rings is 1. The fourth-order valence-electron chi connectivity index (χ4n) is 2.95. The highest BCUT2D eigenvalue weighted by atomic mass is 35.5. The van der Waals surface area contributed by atoms with Crippen molar-refractivity contribution in [1.82, 2.24) is 14.7 Å². The Morgan fingerprint density at radius 3 is 2.86 bits per heavy atom. The molecule has 2 aromatic rings. The van der Waals surface area contributed by atoms with Crippen LogP contribution in [0, 0.1) is 0 Å². The molecule has 0 aliphatic carbocycles. The first-order chi connectivity index (χ1) is 10.6. The summed E-state index contributed by atoms with van der Waals surface area (Å²) in [4.78, 5) is 2.48. The van der Waals surface area contributed by atoms with Crippen LogP contribution in [0.5, 0.6) is 0 Å². The molecule has 0 spiro atoms. The summed E-state index contributed by atoms with van der Waals surface area (Å²) in [5.74, 6) is 0. The van der Waals surface area contributed by atoms with E-state index in [-0.39, 0.29) is 6.10 Å². The Morgan fingerprint density at radius 2 is 2.14 bits per heavy atom. The zero-order valence-electron chi connectivity index (χ0n) is 13.1. The van der Waals surface area contributed by atoms with Crippen LogP contribution in [0.15, 0.2) is 36.5 Å². The maximum absolute atomic E-state index is 6.31. The number of benzene rings is 1. The Balaban J connectivity index is 1.66. The number of hydrogen-bond acceptors (Lipinski definition) is 3. The summed E-state index contributed by atoms with van der Waals surface area (Å²) in [5.41, 5.74) is 2.34. The molecule has 1 aromatic carbocycles. The van der Waals surface area contributed by atoms with Gasteiger partial charge >= 0.3 is 0 Å². The predicted molar refractivity (Wildman–Crippen MR) is 88.1 cm³/mol. The van der Waals surface area contributed by atoms with Crippen molar-refractivity contribution in [2.75, 3.05) is 19.7 Å². The van der Waals surface area contributed by atoms with Gasteiger partial charge in [0, 0.05) is 55.1 Å². The lowest BCUT2D eigenvalue weighted by Gasteiger charge is -2.38. The topological polar surface area (TPSA) is 30.3 Å². The van der Waals surface area contributed by atoms with E-state index in [1.807, 2.05) is 36.1 Å². The minimum absolute atomic E-state index is 0.0523. The molecule has 4 nitrogen and oxygen atoms in total. The predicted octanol–water partition coefficient (Wildman–Crippen LogP) is 3.08. The maximum Gasteiger partial charge on any atom is 0.0967 e. The summed E-state index contributed by atoms with van der Waals surface area (Å²) in [6.45, 7) is 4.83. The average Bonchev–Trinajstić information content (AvgIpc) is 2.92. The first-order valence-corrected chi connectivity index (χ1v) is 8.10. The fourth-order valence-corrected chi connectivity index (χ4v) is 3.20. The summed E-state index contributed by atoms with van der Waals surface area (Å²) in [6, 6.07) is 10.5. The van der Waals surface area contributed by atoms with Gasteiger partial charge in [0.15, 0.2) is 0 Å². The zero-order valence-corrected chi connectivity index (χ0v) is 13.8. The quantitative estimate of drug-likeness (QED) is 0.867. The lowest BCUT2D eigenvalue weighted by molar-refractivity contribution is -0.0595. The van der Waals surface area contributed by atoms with E-state index in [4.69, 9.17) is 16.3 Å². The van der Waals surface area contributed by atoms with Gasteiger partial charge in [0.05, 0.1) is 12.7 Å². The molecule has 5 heteroatoms. The largest absolute Gasteiger partial charge is 0.371 e. The molecule has 3 rings (SSSR count). The van der Waals surface area contributed by atoms with E-state index >= 15 is 0 Å². The molecule has 0 unspecified atom stereocenters. The monoisotopic (exact) mass is 319 g/mol. The summed E-state index contributed by atoms with van der Waals surface area (Å²) in [5, 5.41) is 5.02.